The number of ether oxygens (including phenoxy) is 1. The molecule has 3 nitrogen and oxygen atoms in total. The summed E-state index contributed by atoms with van der Waals surface area (Å²) in [6, 6.07) is 0.359. The van der Waals surface area contributed by atoms with Crippen LogP contribution in [-0.4, -0.2) is 47.4 Å². The van der Waals surface area contributed by atoms with E-state index in [2.05, 4.69) is 25.7 Å². The summed E-state index contributed by atoms with van der Waals surface area (Å²) in [5, 5.41) is 10.1. The summed E-state index contributed by atoms with van der Waals surface area (Å²) in [4.78, 5) is 2.44. The van der Waals surface area contributed by atoms with Crippen LogP contribution in [0.15, 0.2) is 0 Å². The van der Waals surface area contributed by atoms with Crippen LogP contribution in [0.25, 0.3) is 0 Å². The van der Waals surface area contributed by atoms with Crippen LogP contribution in [0.2, 0.25) is 0 Å². The molecule has 1 heterocycles. The fourth-order valence-corrected chi connectivity index (χ4v) is 3.22. The molecule has 0 amide bonds. The summed E-state index contributed by atoms with van der Waals surface area (Å²) in [6.45, 7) is 8.49. The van der Waals surface area contributed by atoms with Crippen molar-refractivity contribution in [3.05, 3.63) is 0 Å². The summed E-state index contributed by atoms with van der Waals surface area (Å²) < 4.78 is 5.75. The van der Waals surface area contributed by atoms with Gasteiger partial charge in [-0.1, -0.05) is 6.92 Å². The van der Waals surface area contributed by atoms with Gasteiger partial charge in [-0.25, -0.2) is 0 Å². The second kappa shape index (κ2) is 5.03. The molecule has 0 radical (unpaired) electrons. The quantitative estimate of drug-likeness (QED) is 0.739. The molecule has 0 bridgehead atoms. The maximum absolute atomic E-state index is 10.1. The first kappa shape index (κ1) is 12.3. The summed E-state index contributed by atoms with van der Waals surface area (Å²) in [7, 11) is 0. The van der Waals surface area contributed by atoms with Crippen molar-refractivity contribution in [1.82, 2.24) is 4.90 Å². The lowest BCUT2D eigenvalue weighted by atomic mass is 9.83. The van der Waals surface area contributed by atoms with Crippen LogP contribution in [-0.2, 0) is 4.74 Å². The lowest BCUT2D eigenvalue weighted by molar-refractivity contribution is -0.105. The Morgan fingerprint density at radius 2 is 1.69 bits per heavy atom. The highest BCUT2D eigenvalue weighted by atomic mass is 16.5. The van der Waals surface area contributed by atoms with Gasteiger partial charge < -0.3 is 9.84 Å². The lowest BCUT2D eigenvalue weighted by Gasteiger charge is -2.44. The normalized spacial score (nSPS) is 46.9. The Morgan fingerprint density at radius 1 is 1.06 bits per heavy atom. The molecule has 1 saturated heterocycles. The van der Waals surface area contributed by atoms with E-state index in [9.17, 15) is 5.11 Å². The first-order chi connectivity index (χ1) is 7.56. The molecule has 16 heavy (non-hydrogen) atoms. The Morgan fingerprint density at radius 3 is 2.31 bits per heavy atom. The van der Waals surface area contributed by atoms with Crippen LogP contribution in [0, 0.1) is 5.92 Å². The molecule has 3 heteroatoms. The zero-order chi connectivity index (χ0) is 11.7. The van der Waals surface area contributed by atoms with E-state index in [4.69, 9.17) is 4.74 Å². The standard InChI is InChI=1S/C13H25NO2/c1-9-4-5-13(15)12(6-9)14-7-10(2)16-11(3)8-14/h9-13,15H,4-8H2,1-3H3/t9?,10-,11+,12?,13?. The second-order valence-corrected chi connectivity index (χ2v) is 5.76. The van der Waals surface area contributed by atoms with Gasteiger partial charge in [0.25, 0.3) is 0 Å². The van der Waals surface area contributed by atoms with Crippen molar-refractivity contribution in [3.63, 3.8) is 0 Å². The third-order valence-electron chi connectivity index (χ3n) is 3.96. The van der Waals surface area contributed by atoms with Crippen LogP contribution in [0.3, 0.4) is 0 Å². The SMILES string of the molecule is CC1CCC(O)C(N2C[C@@H](C)O[C@@H](C)C2)C1. The molecule has 2 aliphatic rings. The van der Waals surface area contributed by atoms with Crippen molar-refractivity contribution >= 4 is 0 Å². The van der Waals surface area contributed by atoms with Crippen LogP contribution in [0.5, 0.6) is 0 Å². The monoisotopic (exact) mass is 227 g/mol. The van der Waals surface area contributed by atoms with E-state index < -0.39 is 0 Å². The Kier molecular flexibility index (Phi) is 3.88. The summed E-state index contributed by atoms with van der Waals surface area (Å²) in [6.07, 6.45) is 3.75. The lowest BCUT2D eigenvalue weighted by Crippen LogP contribution is -2.55. The molecule has 0 aromatic heterocycles. The predicted molar refractivity (Wildman–Crippen MR) is 64.4 cm³/mol. The number of rotatable bonds is 1. The van der Waals surface area contributed by atoms with Crippen molar-refractivity contribution in [1.29, 1.82) is 0 Å². The predicted octanol–water partition coefficient (Wildman–Crippen LogP) is 1.65. The van der Waals surface area contributed by atoms with E-state index in [0.29, 0.717) is 18.2 Å². The van der Waals surface area contributed by atoms with Crippen molar-refractivity contribution in [2.45, 2.75) is 64.4 Å². The number of hydrogen-bond donors (Lipinski definition) is 1. The molecular formula is C13H25NO2. The van der Waals surface area contributed by atoms with Gasteiger partial charge in [0.1, 0.15) is 0 Å². The highest BCUT2D eigenvalue weighted by molar-refractivity contribution is 4.88. The first-order valence-electron chi connectivity index (χ1n) is 6.64. The topological polar surface area (TPSA) is 32.7 Å². The molecule has 94 valence electrons. The van der Waals surface area contributed by atoms with Crippen LogP contribution in [0.4, 0.5) is 0 Å². The molecular weight excluding hydrogens is 202 g/mol. The Balaban J connectivity index is 1.99. The molecule has 2 fully saturated rings. The molecule has 1 aliphatic heterocycles. The molecule has 5 atom stereocenters. The maximum atomic E-state index is 10.1. The van der Waals surface area contributed by atoms with Gasteiger partial charge in [0, 0.05) is 19.1 Å². The zero-order valence-corrected chi connectivity index (χ0v) is 10.7. The smallest absolute Gasteiger partial charge is 0.0695 e. The average Bonchev–Trinajstić information content (AvgIpc) is 2.20. The highest BCUT2D eigenvalue weighted by Gasteiger charge is 2.35. The van der Waals surface area contributed by atoms with Crippen LogP contribution < -0.4 is 0 Å². The van der Waals surface area contributed by atoms with E-state index in [1.165, 1.54) is 6.42 Å². The van der Waals surface area contributed by atoms with Crippen molar-refractivity contribution in [2.24, 2.45) is 5.92 Å². The molecule has 1 aliphatic carbocycles. The van der Waals surface area contributed by atoms with E-state index in [1.807, 2.05) is 0 Å². The average molecular weight is 227 g/mol. The molecule has 3 unspecified atom stereocenters. The van der Waals surface area contributed by atoms with Crippen LogP contribution >= 0.6 is 0 Å². The summed E-state index contributed by atoms with van der Waals surface area (Å²) in [5.74, 6) is 0.752. The van der Waals surface area contributed by atoms with Gasteiger partial charge in [-0.15, -0.1) is 0 Å². The molecule has 2 rings (SSSR count). The van der Waals surface area contributed by atoms with Gasteiger partial charge in [-0.05, 0) is 39.0 Å². The van der Waals surface area contributed by atoms with Gasteiger partial charge >= 0.3 is 0 Å². The largest absolute Gasteiger partial charge is 0.391 e. The van der Waals surface area contributed by atoms with Gasteiger partial charge in [-0.2, -0.15) is 0 Å². The first-order valence-corrected chi connectivity index (χ1v) is 6.64. The Hall–Kier alpha value is -0.120. The van der Waals surface area contributed by atoms with E-state index in [-0.39, 0.29) is 6.10 Å². The van der Waals surface area contributed by atoms with Crippen molar-refractivity contribution < 1.29 is 9.84 Å². The zero-order valence-electron chi connectivity index (χ0n) is 10.7. The number of nitrogens with zero attached hydrogens (tertiary/aromatic N) is 1. The minimum absolute atomic E-state index is 0.131. The minimum atomic E-state index is -0.131. The Labute approximate surface area is 98.8 Å². The van der Waals surface area contributed by atoms with Crippen molar-refractivity contribution in [3.8, 4) is 0 Å². The molecule has 0 aromatic carbocycles. The molecule has 1 N–H and O–H groups in total. The molecule has 0 aromatic rings. The molecule has 0 spiro atoms. The number of aliphatic hydroxyl groups excluding tert-OH is 1. The fourth-order valence-electron chi connectivity index (χ4n) is 3.22. The third kappa shape index (κ3) is 2.76. The van der Waals surface area contributed by atoms with Gasteiger partial charge in [-0.3, -0.25) is 4.90 Å². The number of morpholine rings is 1. The van der Waals surface area contributed by atoms with Crippen LogP contribution in [0.1, 0.15) is 40.0 Å². The summed E-state index contributed by atoms with van der Waals surface area (Å²) in [5.41, 5.74) is 0. The molecule has 1 saturated carbocycles. The third-order valence-corrected chi connectivity index (χ3v) is 3.96. The van der Waals surface area contributed by atoms with E-state index >= 15 is 0 Å². The second-order valence-electron chi connectivity index (χ2n) is 5.76. The van der Waals surface area contributed by atoms with E-state index in [0.717, 1.165) is 31.8 Å². The number of hydrogen-bond acceptors (Lipinski definition) is 3. The van der Waals surface area contributed by atoms with Gasteiger partial charge in [0.05, 0.1) is 18.3 Å². The Bertz CT molecular complexity index is 224. The maximum Gasteiger partial charge on any atom is 0.0695 e. The fraction of sp³-hybridized carbons (Fsp3) is 1.00. The number of aliphatic hydroxyl groups is 1. The van der Waals surface area contributed by atoms with Gasteiger partial charge in [0.15, 0.2) is 0 Å². The summed E-state index contributed by atoms with van der Waals surface area (Å²) >= 11 is 0. The minimum Gasteiger partial charge on any atom is -0.391 e. The van der Waals surface area contributed by atoms with Gasteiger partial charge in [0.2, 0.25) is 0 Å². The highest BCUT2D eigenvalue weighted by Crippen LogP contribution is 2.29. The van der Waals surface area contributed by atoms with Crippen molar-refractivity contribution in [2.75, 3.05) is 13.1 Å². The van der Waals surface area contributed by atoms with E-state index in [1.54, 1.807) is 0 Å².